The zero-order valence-corrected chi connectivity index (χ0v) is 11.3. The summed E-state index contributed by atoms with van der Waals surface area (Å²) in [5.74, 6) is 0.953. The topological polar surface area (TPSA) is 30.5 Å². The van der Waals surface area contributed by atoms with Crippen LogP contribution < -0.4 is 10.1 Å². The molecule has 1 aliphatic rings. The van der Waals surface area contributed by atoms with E-state index in [1.165, 1.54) is 18.4 Å². The molecule has 0 radical (unpaired) electrons. The molecule has 0 amide bonds. The van der Waals surface area contributed by atoms with Crippen molar-refractivity contribution in [1.82, 2.24) is 5.32 Å². The molecule has 1 aliphatic heterocycles. The predicted molar refractivity (Wildman–Crippen MR) is 73.0 cm³/mol. The molecule has 3 nitrogen and oxygen atoms in total. The second-order valence-electron chi connectivity index (χ2n) is 4.84. The lowest BCUT2D eigenvalue weighted by molar-refractivity contribution is 0.103. The minimum Gasteiger partial charge on any atom is -0.496 e. The Morgan fingerprint density at radius 3 is 3.00 bits per heavy atom. The molecule has 0 aliphatic carbocycles. The standard InChI is InChI=1S/C15H23NO2/c1-12(14-7-3-4-8-15(14)17-2)16-10-9-13-6-5-11-18-13/h3-4,7-8,12-13,16H,5-6,9-11H2,1-2H3. The molecule has 0 spiro atoms. The maximum Gasteiger partial charge on any atom is 0.123 e. The van der Waals surface area contributed by atoms with Crippen LogP contribution in [0.3, 0.4) is 0 Å². The van der Waals surface area contributed by atoms with Gasteiger partial charge >= 0.3 is 0 Å². The molecule has 0 aromatic heterocycles. The van der Waals surface area contributed by atoms with Gasteiger partial charge < -0.3 is 14.8 Å². The zero-order chi connectivity index (χ0) is 12.8. The summed E-state index contributed by atoms with van der Waals surface area (Å²) >= 11 is 0. The number of para-hydroxylation sites is 1. The normalized spacial score (nSPS) is 20.9. The lowest BCUT2D eigenvalue weighted by Crippen LogP contribution is -2.23. The molecule has 0 bridgehead atoms. The van der Waals surface area contributed by atoms with E-state index in [9.17, 15) is 0 Å². The Bertz CT molecular complexity index is 361. The lowest BCUT2D eigenvalue weighted by Gasteiger charge is -2.18. The largest absolute Gasteiger partial charge is 0.496 e. The van der Waals surface area contributed by atoms with E-state index in [2.05, 4.69) is 24.4 Å². The zero-order valence-electron chi connectivity index (χ0n) is 11.3. The third-order valence-corrected chi connectivity index (χ3v) is 3.55. The molecule has 1 aromatic rings. The molecule has 1 heterocycles. The molecular weight excluding hydrogens is 226 g/mol. The summed E-state index contributed by atoms with van der Waals surface area (Å²) < 4.78 is 11.0. The van der Waals surface area contributed by atoms with Gasteiger partial charge in [-0.15, -0.1) is 0 Å². The fourth-order valence-electron chi connectivity index (χ4n) is 2.47. The van der Waals surface area contributed by atoms with E-state index >= 15 is 0 Å². The van der Waals surface area contributed by atoms with Crippen molar-refractivity contribution in [2.75, 3.05) is 20.3 Å². The summed E-state index contributed by atoms with van der Waals surface area (Å²) in [6, 6.07) is 8.48. The Balaban J connectivity index is 1.81. The first-order chi connectivity index (χ1) is 8.81. The first-order valence-electron chi connectivity index (χ1n) is 6.79. The van der Waals surface area contributed by atoms with E-state index in [-0.39, 0.29) is 0 Å². The average Bonchev–Trinajstić information content (AvgIpc) is 2.91. The van der Waals surface area contributed by atoms with Crippen LogP contribution in [0.15, 0.2) is 24.3 Å². The smallest absolute Gasteiger partial charge is 0.123 e. The first kappa shape index (κ1) is 13.4. The number of hydrogen-bond donors (Lipinski definition) is 1. The van der Waals surface area contributed by atoms with Crippen molar-refractivity contribution in [3.05, 3.63) is 29.8 Å². The van der Waals surface area contributed by atoms with Crippen molar-refractivity contribution in [3.8, 4) is 5.75 Å². The van der Waals surface area contributed by atoms with Gasteiger partial charge in [0.25, 0.3) is 0 Å². The number of nitrogens with one attached hydrogen (secondary N) is 1. The van der Waals surface area contributed by atoms with Crippen molar-refractivity contribution >= 4 is 0 Å². The molecule has 2 rings (SSSR count). The second-order valence-corrected chi connectivity index (χ2v) is 4.84. The van der Waals surface area contributed by atoms with Crippen LogP contribution in [0.5, 0.6) is 5.75 Å². The predicted octanol–water partition coefficient (Wildman–Crippen LogP) is 2.91. The van der Waals surface area contributed by atoms with Crippen molar-refractivity contribution in [3.63, 3.8) is 0 Å². The van der Waals surface area contributed by atoms with Crippen LogP contribution in [-0.2, 0) is 4.74 Å². The molecule has 2 unspecified atom stereocenters. The summed E-state index contributed by atoms with van der Waals surface area (Å²) in [5, 5.41) is 3.54. The highest BCUT2D eigenvalue weighted by Gasteiger charge is 2.16. The molecule has 100 valence electrons. The highest BCUT2D eigenvalue weighted by atomic mass is 16.5. The first-order valence-corrected chi connectivity index (χ1v) is 6.79. The SMILES string of the molecule is COc1ccccc1C(C)NCCC1CCCO1. The molecule has 1 aromatic carbocycles. The van der Waals surface area contributed by atoms with Gasteiger partial charge in [0, 0.05) is 18.2 Å². The van der Waals surface area contributed by atoms with Gasteiger partial charge in [0.2, 0.25) is 0 Å². The molecule has 18 heavy (non-hydrogen) atoms. The molecule has 2 atom stereocenters. The Kier molecular flexibility index (Phi) is 5.02. The maximum absolute atomic E-state index is 5.62. The Hall–Kier alpha value is -1.06. The van der Waals surface area contributed by atoms with Crippen LogP contribution in [0.25, 0.3) is 0 Å². The van der Waals surface area contributed by atoms with Crippen LogP contribution in [0, 0.1) is 0 Å². The molecule has 0 saturated carbocycles. The maximum atomic E-state index is 5.62. The van der Waals surface area contributed by atoms with Gasteiger partial charge in [-0.3, -0.25) is 0 Å². The Morgan fingerprint density at radius 1 is 1.44 bits per heavy atom. The lowest BCUT2D eigenvalue weighted by atomic mass is 10.1. The number of methoxy groups -OCH3 is 1. The molecule has 3 heteroatoms. The number of rotatable bonds is 6. The summed E-state index contributed by atoms with van der Waals surface area (Å²) in [4.78, 5) is 0. The van der Waals surface area contributed by atoms with E-state index in [4.69, 9.17) is 9.47 Å². The fraction of sp³-hybridized carbons (Fsp3) is 0.600. The van der Waals surface area contributed by atoms with E-state index in [0.717, 1.165) is 25.3 Å². The van der Waals surface area contributed by atoms with Crippen molar-refractivity contribution in [2.45, 2.75) is 38.3 Å². The Morgan fingerprint density at radius 2 is 2.28 bits per heavy atom. The van der Waals surface area contributed by atoms with Crippen LogP contribution in [0.1, 0.15) is 37.8 Å². The number of ether oxygens (including phenoxy) is 2. The number of hydrogen-bond acceptors (Lipinski definition) is 3. The van der Waals surface area contributed by atoms with Crippen molar-refractivity contribution < 1.29 is 9.47 Å². The van der Waals surface area contributed by atoms with Gasteiger partial charge in [0.05, 0.1) is 13.2 Å². The van der Waals surface area contributed by atoms with E-state index in [0.29, 0.717) is 12.1 Å². The van der Waals surface area contributed by atoms with Crippen LogP contribution in [0.4, 0.5) is 0 Å². The van der Waals surface area contributed by atoms with Gasteiger partial charge in [0.15, 0.2) is 0 Å². The van der Waals surface area contributed by atoms with Crippen molar-refractivity contribution in [1.29, 1.82) is 0 Å². The van der Waals surface area contributed by atoms with Crippen molar-refractivity contribution in [2.24, 2.45) is 0 Å². The molecule has 1 N–H and O–H groups in total. The summed E-state index contributed by atoms with van der Waals surface area (Å²) in [7, 11) is 1.72. The minimum absolute atomic E-state index is 0.308. The van der Waals surface area contributed by atoms with Crippen LogP contribution in [0.2, 0.25) is 0 Å². The molecular formula is C15H23NO2. The van der Waals surface area contributed by atoms with E-state index in [1.807, 2.05) is 12.1 Å². The molecule has 1 saturated heterocycles. The third kappa shape index (κ3) is 3.47. The monoisotopic (exact) mass is 249 g/mol. The van der Waals surface area contributed by atoms with Gasteiger partial charge in [-0.05, 0) is 38.8 Å². The van der Waals surface area contributed by atoms with Gasteiger partial charge in [-0.25, -0.2) is 0 Å². The van der Waals surface area contributed by atoms with Crippen LogP contribution >= 0.6 is 0 Å². The Labute approximate surface area is 109 Å². The number of benzene rings is 1. The van der Waals surface area contributed by atoms with Crippen LogP contribution in [-0.4, -0.2) is 26.4 Å². The van der Waals surface area contributed by atoms with Gasteiger partial charge in [0.1, 0.15) is 5.75 Å². The summed E-state index contributed by atoms with van der Waals surface area (Å²) in [6.07, 6.45) is 3.99. The highest BCUT2D eigenvalue weighted by Crippen LogP contribution is 2.24. The highest BCUT2D eigenvalue weighted by molar-refractivity contribution is 5.35. The third-order valence-electron chi connectivity index (χ3n) is 3.55. The fourth-order valence-corrected chi connectivity index (χ4v) is 2.47. The minimum atomic E-state index is 0.308. The van der Waals surface area contributed by atoms with Gasteiger partial charge in [-0.2, -0.15) is 0 Å². The quantitative estimate of drug-likeness (QED) is 0.841. The summed E-state index contributed by atoms with van der Waals surface area (Å²) in [5.41, 5.74) is 1.22. The van der Waals surface area contributed by atoms with Gasteiger partial charge in [-0.1, -0.05) is 18.2 Å². The van der Waals surface area contributed by atoms with E-state index < -0.39 is 0 Å². The van der Waals surface area contributed by atoms with E-state index in [1.54, 1.807) is 7.11 Å². The second kappa shape index (κ2) is 6.76. The average molecular weight is 249 g/mol. The summed E-state index contributed by atoms with van der Waals surface area (Å²) in [6.45, 7) is 4.10. The molecule has 1 fully saturated rings.